The van der Waals surface area contributed by atoms with Gasteiger partial charge in [-0.3, -0.25) is 9.59 Å². The minimum atomic E-state index is -0.0706. The number of hydrogen-bond acceptors (Lipinski definition) is 3. The molecule has 0 aliphatic carbocycles. The lowest BCUT2D eigenvalue weighted by Gasteiger charge is -2.25. The van der Waals surface area contributed by atoms with Crippen LogP contribution in [-0.2, 0) is 11.3 Å². The third-order valence-corrected chi connectivity index (χ3v) is 5.12. The summed E-state index contributed by atoms with van der Waals surface area (Å²) < 4.78 is 5.11. The minimum absolute atomic E-state index is 0.0706. The molecule has 0 saturated carbocycles. The predicted molar refractivity (Wildman–Crippen MR) is 128 cm³/mol. The van der Waals surface area contributed by atoms with E-state index < -0.39 is 0 Å². The molecular formula is C25H33ClN2O3. The van der Waals surface area contributed by atoms with E-state index in [1.54, 1.807) is 47.2 Å². The van der Waals surface area contributed by atoms with Gasteiger partial charge in [0.2, 0.25) is 6.41 Å². The lowest BCUT2D eigenvalue weighted by atomic mass is 10.2. The first-order valence-electron chi connectivity index (χ1n) is 10.4. The molecule has 0 aromatic heterocycles. The summed E-state index contributed by atoms with van der Waals surface area (Å²) >= 11 is 6.15. The number of benzene rings is 2. The van der Waals surface area contributed by atoms with Crippen LogP contribution in [0.1, 0.15) is 43.1 Å². The van der Waals surface area contributed by atoms with Gasteiger partial charge in [-0.05, 0) is 56.2 Å². The lowest BCUT2D eigenvalue weighted by molar-refractivity contribution is -0.118. The van der Waals surface area contributed by atoms with Gasteiger partial charge < -0.3 is 14.5 Å². The SMILES string of the molecule is C=C(C)CC.CCN(CCN(C=O)Cc1ccccc1Cl)C(=O)c1ccc(OC)cc1. The monoisotopic (exact) mass is 444 g/mol. The van der Waals surface area contributed by atoms with Crippen LogP contribution in [0.5, 0.6) is 5.75 Å². The number of halogens is 1. The van der Waals surface area contributed by atoms with E-state index in [0.717, 1.165) is 18.4 Å². The molecule has 0 radical (unpaired) electrons. The van der Waals surface area contributed by atoms with E-state index in [4.69, 9.17) is 16.3 Å². The van der Waals surface area contributed by atoms with Crippen molar-refractivity contribution in [3.8, 4) is 5.75 Å². The summed E-state index contributed by atoms with van der Waals surface area (Å²) in [6.07, 6.45) is 1.90. The molecule has 0 atom stereocenters. The number of amides is 2. The molecule has 5 nitrogen and oxygen atoms in total. The van der Waals surface area contributed by atoms with Crippen molar-refractivity contribution in [2.75, 3.05) is 26.7 Å². The quantitative estimate of drug-likeness (QED) is 0.362. The Kier molecular flexibility index (Phi) is 12.1. The van der Waals surface area contributed by atoms with Gasteiger partial charge in [-0.2, -0.15) is 0 Å². The van der Waals surface area contributed by atoms with Gasteiger partial charge in [0.1, 0.15) is 5.75 Å². The van der Waals surface area contributed by atoms with E-state index in [-0.39, 0.29) is 5.91 Å². The molecule has 0 spiro atoms. The first-order valence-corrected chi connectivity index (χ1v) is 10.7. The fraction of sp³-hybridized carbons (Fsp3) is 0.360. The van der Waals surface area contributed by atoms with Crippen LogP contribution in [0, 0.1) is 0 Å². The number of carbonyl (C=O) groups excluding carboxylic acids is 2. The smallest absolute Gasteiger partial charge is 0.253 e. The van der Waals surface area contributed by atoms with Crippen LogP contribution in [0.2, 0.25) is 5.02 Å². The van der Waals surface area contributed by atoms with Gasteiger partial charge in [0.05, 0.1) is 7.11 Å². The third-order valence-electron chi connectivity index (χ3n) is 4.75. The maximum Gasteiger partial charge on any atom is 0.253 e. The van der Waals surface area contributed by atoms with Crippen molar-refractivity contribution in [3.05, 3.63) is 76.8 Å². The fourth-order valence-corrected chi connectivity index (χ4v) is 2.78. The molecule has 0 aliphatic heterocycles. The molecular weight excluding hydrogens is 412 g/mol. The molecule has 0 heterocycles. The second-order valence-electron chi connectivity index (χ2n) is 7.09. The number of rotatable bonds is 10. The molecule has 0 aliphatic rings. The van der Waals surface area contributed by atoms with Crippen LogP contribution in [-0.4, -0.2) is 48.9 Å². The van der Waals surface area contributed by atoms with Gasteiger partial charge in [0, 0.05) is 36.8 Å². The maximum absolute atomic E-state index is 12.6. The van der Waals surface area contributed by atoms with E-state index in [1.165, 1.54) is 5.57 Å². The molecule has 6 heteroatoms. The van der Waals surface area contributed by atoms with Crippen LogP contribution in [0.15, 0.2) is 60.7 Å². The summed E-state index contributed by atoms with van der Waals surface area (Å²) in [5, 5.41) is 0.626. The number of allylic oxidation sites excluding steroid dienone is 1. The zero-order valence-corrected chi connectivity index (χ0v) is 19.7. The van der Waals surface area contributed by atoms with Gasteiger partial charge in [-0.15, -0.1) is 6.58 Å². The molecule has 2 rings (SSSR count). The number of ether oxygens (including phenoxy) is 1. The van der Waals surface area contributed by atoms with Gasteiger partial charge in [-0.25, -0.2) is 0 Å². The van der Waals surface area contributed by atoms with Gasteiger partial charge in [0.15, 0.2) is 0 Å². The molecule has 2 aromatic carbocycles. The van der Waals surface area contributed by atoms with Crippen LogP contribution in [0.4, 0.5) is 0 Å². The van der Waals surface area contributed by atoms with Gasteiger partial charge >= 0.3 is 0 Å². The average molecular weight is 445 g/mol. The Balaban J connectivity index is 0.000000861. The lowest BCUT2D eigenvalue weighted by Crippen LogP contribution is -2.38. The van der Waals surface area contributed by atoms with Crippen LogP contribution < -0.4 is 4.74 Å². The van der Waals surface area contributed by atoms with E-state index >= 15 is 0 Å². The Morgan fingerprint density at radius 3 is 2.19 bits per heavy atom. The zero-order chi connectivity index (χ0) is 23.2. The number of nitrogens with zero attached hydrogens (tertiary/aromatic N) is 2. The summed E-state index contributed by atoms with van der Waals surface area (Å²) in [4.78, 5) is 27.4. The fourth-order valence-electron chi connectivity index (χ4n) is 2.58. The highest BCUT2D eigenvalue weighted by molar-refractivity contribution is 6.31. The summed E-state index contributed by atoms with van der Waals surface area (Å²) in [6.45, 7) is 11.6. The van der Waals surface area contributed by atoms with Crippen LogP contribution >= 0.6 is 11.6 Å². The summed E-state index contributed by atoms with van der Waals surface area (Å²) in [5.74, 6) is 0.634. The van der Waals surface area contributed by atoms with Crippen molar-refractivity contribution in [2.45, 2.75) is 33.7 Å². The van der Waals surface area contributed by atoms with Crippen molar-refractivity contribution < 1.29 is 14.3 Å². The normalized spacial score (nSPS) is 9.84. The van der Waals surface area contributed by atoms with Crippen molar-refractivity contribution >= 4 is 23.9 Å². The minimum Gasteiger partial charge on any atom is -0.497 e. The first kappa shape index (κ1) is 26.2. The van der Waals surface area contributed by atoms with E-state index in [9.17, 15) is 9.59 Å². The van der Waals surface area contributed by atoms with Crippen molar-refractivity contribution in [3.63, 3.8) is 0 Å². The summed E-state index contributed by atoms with van der Waals surface area (Å²) in [5.41, 5.74) is 2.73. The summed E-state index contributed by atoms with van der Waals surface area (Å²) in [7, 11) is 1.59. The maximum atomic E-state index is 12.6. The molecule has 168 valence electrons. The standard InChI is InChI=1S/C20H23ClN2O3.C5H10/c1-3-23(20(25)16-8-10-18(26-2)11-9-16)13-12-22(15-24)14-17-6-4-5-7-19(17)21;1-4-5(2)3/h4-11,15H,3,12-14H2,1-2H3;2,4H2,1,3H3. The molecule has 31 heavy (non-hydrogen) atoms. The van der Waals surface area contributed by atoms with Gasteiger partial charge in [-0.1, -0.05) is 42.3 Å². The second kappa shape index (κ2) is 14.3. The highest BCUT2D eigenvalue weighted by atomic mass is 35.5. The second-order valence-corrected chi connectivity index (χ2v) is 7.50. The molecule has 0 unspecified atom stereocenters. The van der Waals surface area contributed by atoms with Crippen molar-refractivity contribution in [1.29, 1.82) is 0 Å². The first-order chi connectivity index (χ1) is 14.9. The number of likely N-dealkylation sites (N-methyl/N-ethyl adjacent to an activating group) is 1. The Bertz CT molecular complexity index is 837. The molecule has 0 fully saturated rings. The Labute approximate surface area is 191 Å². The topological polar surface area (TPSA) is 49.9 Å². The Morgan fingerprint density at radius 2 is 1.71 bits per heavy atom. The molecule has 0 saturated heterocycles. The van der Waals surface area contributed by atoms with Crippen LogP contribution in [0.3, 0.4) is 0 Å². The Hall–Kier alpha value is -2.79. The zero-order valence-electron chi connectivity index (χ0n) is 18.9. The number of methoxy groups -OCH3 is 1. The number of carbonyl (C=O) groups is 2. The molecule has 0 bridgehead atoms. The highest BCUT2D eigenvalue weighted by Gasteiger charge is 2.15. The largest absolute Gasteiger partial charge is 0.497 e. The summed E-state index contributed by atoms with van der Waals surface area (Å²) in [6, 6.07) is 14.4. The van der Waals surface area contributed by atoms with E-state index in [1.807, 2.05) is 32.0 Å². The Morgan fingerprint density at radius 1 is 1.10 bits per heavy atom. The third kappa shape index (κ3) is 9.26. The number of hydrogen-bond donors (Lipinski definition) is 0. The van der Waals surface area contributed by atoms with E-state index in [0.29, 0.717) is 42.5 Å². The average Bonchev–Trinajstić information content (AvgIpc) is 2.80. The van der Waals surface area contributed by atoms with Crippen LogP contribution in [0.25, 0.3) is 0 Å². The molecule has 2 aromatic rings. The molecule has 2 amide bonds. The van der Waals surface area contributed by atoms with Gasteiger partial charge in [0.25, 0.3) is 5.91 Å². The van der Waals surface area contributed by atoms with E-state index in [2.05, 4.69) is 13.5 Å². The predicted octanol–water partition coefficient (Wildman–Crippen LogP) is 5.44. The molecule has 0 N–H and O–H groups in total. The van der Waals surface area contributed by atoms with Crippen molar-refractivity contribution in [1.82, 2.24) is 9.80 Å². The van der Waals surface area contributed by atoms with Crippen molar-refractivity contribution in [2.24, 2.45) is 0 Å². The highest BCUT2D eigenvalue weighted by Crippen LogP contribution is 2.17.